The molecule has 1 atom stereocenters. The second-order valence-electron chi connectivity index (χ2n) is 6.48. The van der Waals surface area contributed by atoms with Crippen molar-refractivity contribution < 1.29 is 4.79 Å². The van der Waals surface area contributed by atoms with Gasteiger partial charge in [-0.05, 0) is 38.0 Å². The highest BCUT2D eigenvalue weighted by Crippen LogP contribution is 2.15. The van der Waals surface area contributed by atoms with Gasteiger partial charge in [-0.1, -0.05) is 13.3 Å². The number of carbonyl (C=O) groups is 1. The lowest BCUT2D eigenvalue weighted by Gasteiger charge is -2.31. The molecule has 0 aliphatic carbocycles. The molecule has 0 aromatic rings. The number of halogens is 1. The number of hydrogen-bond donors (Lipinski definition) is 1. The van der Waals surface area contributed by atoms with Crippen LogP contribution in [-0.4, -0.2) is 54.4 Å². The van der Waals surface area contributed by atoms with Gasteiger partial charge in [0, 0.05) is 39.1 Å². The molecule has 1 unspecified atom stereocenters. The first-order valence-electron chi connectivity index (χ1n) is 8.49. The summed E-state index contributed by atoms with van der Waals surface area (Å²) in [6.07, 6.45) is 7.50. The van der Waals surface area contributed by atoms with Gasteiger partial charge in [-0.3, -0.25) is 9.79 Å². The molecule has 2 heterocycles. The van der Waals surface area contributed by atoms with E-state index in [0.717, 1.165) is 58.4 Å². The molecule has 0 aromatic carbocycles. The lowest BCUT2D eigenvalue weighted by molar-refractivity contribution is -0.130. The van der Waals surface area contributed by atoms with Crippen LogP contribution in [0.15, 0.2) is 4.99 Å². The van der Waals surface area contributed by atoms with Crippen LogP contribution in [0.3, 0.4) is 0 Å². The SMILES string of the molecule is CC1CCCN(C(N)=NCCCN2CCCCCC2=O)C1.I. The number of piperidine rings is 1. The van der Waals surface area contributed by atoms with Gasteiger partial charge in [-0.15, -0.1) is 24.0 Å². The highest BCUT2D eigenvalue weighted by Gasteiger charge is 2.18. The maximum absolute atomic E-state index is 11.9. The predicted molar refractivity (Wildman–Crippen MR) is 102 cm³/mol. The third-order valence-electron chi connectivity index (χ3n) is 4.51. The van der Waals surface area contributed by atoms with Gasteiger partial charge < -0.3 is 15.5 Å². The monoisotopic (exact) mass is 422 g/mol. The standard InChI is InChI=1S/C16H30N4O.HI/c1-14-7-5-11-20(13-14)16(17)18-9-6-12-19-10-4-2-3-8-15(19)21;/h14H,2-13H2,1H3,(H2,17,18);1H. The van der Waals surface area contributed by atoms with E-state index in [0.29, 0.717) is 17.8 Å². The Labute approximate surface area is 151 Å². The summed E-state index contributed by atoms with van der Waals surface area (Å²) in [5.41, 5.74) is 6.08. The molecule has 2 fully saturated rings. The molecule has 2 N–H and O–H groups in total. The zero-order valence-electron chi connectivity index (χ0n) is 13.8. The fourth-order valence-electron chi connectivity index (χ4n) is 3.23. The normalized spacial score (nSPS) is 24.0. The molecule has 128 valence electrons. The smallest absolute Gasteiger partial charge is 0.222 e. The van der Waals surface area contributed by atoms with Gasteiger partial charge in [0.2, 0.25) is 5.91 Å². The molecule has 2 aliphatic heterocycles. The summed E-state index contributed by atoms with van der Waals surface area (Å²) in [7, 11) is 0. The summed E-state index contributed by atoms with van der Waals surface area (Å²) in [4.78, 5) is 20.6. The number of aliphatic imine (C=N–C) groups is 1. The van der Waals surface area contributed by atoms with E-state index < -0.39 is 0 Å². The fourth-order valence-corrected chi connectivity index (χ4v) is 3.23. The van der Waals surface area contributed by atoms with Gasteiger partial charge in [0.05, 0.1) is 0 Å². The number of rotatable bonds is 4. The van der Waals surface area contributed by atoms with Crippen molar-refractivity contribution in [3.8, 4) is 0 Å². The second-order valence-corrected chi connectivity index (χ2v) is 6.48. The topological polar surface area (TPSA) is 61.9 Å². The Kier molecular flexibility index (Phi) is 9.12. The van der Waals surface area contributed by atoms with Crippen molar-refractivity contribution >= 4 is 35.8 Å². The number of carbonyl (C=O) groups excluding carboxylic acids is 1. The molecule has 0 radical (unpaired) electrons. The Morgan fingerprint density at radius 3 is 2.86 bits per heavy atom. The van der Waals surface area contributed by atoms with Gasteiger partial charge in [0.25, 0.3) is 0 Å². The third kappa shape index (κ3) is 6.30. The van der Waals surface area contributed by atoms with Crippen LogP contribution in [0.4, 0.5) is 0 Å². The van der Waals surface area contributed by atoms with Crippen LogP contribution in [0.5, 0.6) is 0 Å². The minimum atomic E-state index is 0. The molecule has 0 bridgehead atoms. The Balaban J connectivity index is 0.00000242. The summed E-state index contributed by atoms with van der Waals surface area (Å²) in [6.45, 7) is 6.79. The first-order chi connectivity index (χ1) is 10.2. The number of amides is 1. The third-order valence-corrected chi connectivity index (χ3v) is 4.51. The maximum Gasteiger partial charge on any atom is 0.222 e. The molecule has 0 saturated carbocycles. The van der Waals surface area contributed by atoms with Crippen LogP contribution < -0.4 is 5.73 Å². The van der Waals surface area contributed by atoms with Gasteiger partial charge in [0.1, 0.15) is 0 Å². The van der Waals surface area contributed by atoms with Gasteiger partial charge >= 0.3 is 0 Å². The van der Waals surface area contributed by atoms with Crippen LogP contribution in [0.1, 0.15) is 51.9 Å². The number of hydrogen-bond acceptors (Lipinski definition) is 2. The van der Waals surface area contributed by atoms with Crippen molar-refractivity contribution in [3.05, 3.63) is 0 Å². The summed E-state index contributed by atoms with van der Waals surface area (Å²) in [5, 5.41) is 0. The minimum Gasteiger partial charge on any atom is -0.370 e. The molecular weight excluding hydrogens is 391 g/mol. The number of guanidine groups is 1. The minimum absolute atomic E-state index is 0. The second kappa shape index (κ2) is 10.3. The van der Waals surface area contributed by atoms with E-state index in [4.69, 9.17) is 5.73 Å². The average Bonchev–Trinajstić information content (AvgIpc) is 2.68. The van der Waals surface area contributed by atoms with E-state index in [2.05, 4.69) is 16.8 Å². The van der Waals surface area contributed by atoms with E-state index in [9.17, 15) is 4.79 Å². The number of nitrogens with two attached hydrogens (primary N) is 1. The van der Waals surface area contributed by atoms with Crippen LogP contribution in [0.2, 0.25) is 0 Å². The van der Waals surface area contributed by atoms with Gasteiger partial charge in [-0.2, -0.15) is 0 Å². The van der Waals surface area contributed by atoms with Crippen molar-refractivity contribution in [2.24, 2.45) is 16.6 Å². The highest BCUT2D eigenvalue weighted by molar-refractivity contribution is 14.0. The van der Waals surface area contributed by atoms with Crippen LogP contribution in [0.25, 0.3) is 0 Å². The van der Waals surface area contributed by atoms with E-state index >= 15 is 0 Å². The van der Waals surface area contributed by atoms with Crippen molar-refractivity contribution in [2.45, 2.75) is 51.9 Å². The summed E-state index contributed by atoms with van der Waals surface area (Å²) in [6, 6.07) is 0. The van der Waals surface area contributed by atoms with Gasteiger partial charge in [-0.25, -0.2) is 0 Å². The number of nitrogens with zero attached hydrogens (tertiary/aromatic N) is 3. The van der Waals surface area contributed by atoms with Crippen molar-refractivity contribution in [1.29, 1.82) is 0 Å². The Morgan fingerprint density at radius 2 is 2.09 bits per heavy atom. The molecule has 0 spiro atoms. The van der Waals surface area contributed by atoms with Crippen LogP contribution >= 0.6 is 24.0 Å². The lowest BCUT2D eigenvalue weighted by Crippen LogP contribution is -2.43. The van der Waals surface area contributed by atoms with Crippen LogP contribution in [0, 0.1) is 5.92 Å². The first kappa shape index (κ1) is 19.5. The van der Waals surface area contributed by atoms with E-state index in [-0.39, 0.29) is 24.0 Å². The molecule has 1 amide bonds. The van der Waals surface area contributed by atoms with Crippen molar-refractivity contribution in [2.75, 3.05) is 32.7 Å². The quantitative estimate of drug-likeness (QED) is 0.328. The summed E-state index contributed by atoms with van der Waals surface area (Å²) >= 11 is 0. The van der Waals surface area contributed by atoms with Gasteiger partial charge in [0.15, 0.2) is 5.96 Å². The molecule has 2 aliphatic rings. The molecule has 2 rings (SSSR count). The Bertz CT molecular complexity index is 375. The van der Waals surface area contributed by atoms with E-state index in [1.54, 1.807) is 0 Å². The molecular formula is C16H31IN4O. The van der Waals surface area contributed by atoms with E-state index in [1.165, 1.54) is 19.3 Å². The van der Waals surface area contributed by atoms with Crippen LogP contribution in [-0.2, 0) is 4.79 Å². The lowest BCUT2D eigenvalue weighted by atomic mass is 10.0. The molecule has 0 aromatic heterocycles. The van der Waals surface area contributed by atoms with Crippen molar-refractivity contribution in [1.82, 2.24) is 9.80 Å². The number of likely N-dealkylation sites (tertiary alicyclic amines) is 2. The largest absolute Gasteiger partial charge is 0.370 e. The molecule has 22 heavy (non-hydrogen) atoms. The zero-order chi connectivity index (χ0) is 15.1. The molecule has 2 saturated heterocycles. The molecule has 5 nitrogen and oxygen atoms in total. The van der Waals surface area contributed by atoms with Crippen molar-refractivity contribution in [3.63, 3.8) is 0 Å². The molecule has 6 heteroatoms. The first-order valence-corrected chi connectivity index (χ1v) is 8.49. The van der Waals surface area contributed by atoms with E-state index in [1.807, 2.05) is 4.90 Å². The Hall–Kier alpha value is -0.530. The fraction of sp³-hybridized carbons (Fsp3) is 0.875. The summed E-state index contributed by atoms with van der Waals surface area (Å²) in [5.74, 6) is 1.71. The Morgan fingerprint density at radius 1 is 1.27 bits per heavy atom. The predicted octanol–water partition coefficient (Wildman–Crippen LogP) is 2.44. The zero-order valence-corrected chi connectivity index (χ0v) is 16.1. The highest BCUT2D eigenvalue weighted by atomic mass is 127. The average molecular weight is 422 g/mol. The summed E-state index contributed by atoms with van der Waals surface area (Å²) < 4.78 is 0. The maximum atomic E-state index is 11.9.